The molecule has 2 aliphatic rings. The van der Waals surface area contributed by atoms with Crippen LogP contribution in [0.25, 0.3) is 0 Å². The summed E-state index contributed by atoms with van der Waals surface area (Å²) in [7, 11) is 0. The molecule has 0 aromatic carbocycles. The Morgan fingerprint density at radius 2 is 2.00 bits per heavy atom. The first kappa shape index (κ1) is 9.38. The maximum Gasteiger partial charge on any atom is 0.233 e. The van der Waals surface area contributed by atoms with Crippen LogP contribution in [0, 0.1) is 0 Å². The number of hydrogen-bond acceptors (Lipinski definition) is 2. The summed E-state index contributed by atoms with van der Waals surface area (Å²) in [5.74, 6) is 1.47. The molecule has 0 aromatic heterocycles. The van der Waals surface area contributed by atoms with Gasteiger partial charge in [0.25, 0.3) is 0 Å². The molecule has 0 bridgehead atoms. The molecule has 2 rings (SSSR count). The van der Waals surface area contributed by atoms with Crippen LogP contribution in [0.4, 0.5) is 0 Å². The first-order valence-corrected chi connectivity index (χ1v) is 6.33. The maximum absolute atomic E-state index is 11.7. The highest BCUT2D eigenvalue weighted by Gasteiger charge is 2.26. The highest BCUT2D eigenvalue weighted by molar-refractivity contribution is 8.00. The van der Waals surface area contributed by atoms with Gasteiger partial charge in [-0.25, -0.2) is 0 Å². The number of carbonyl (C=O) groups is 1. The summed E-state index contributed by atoms with van der Waals surface area (Å²) in [6.45, 7) is 0. The molecule has 13 heavy (non-hydrogen) atoms. The fourth-order valence-electron chi connectivity index (χ4n) is 1.79. The van der Waals surface area contributed by atoms with Crippen molar-refractivity contribution in [2.75, 3.05) is 5.75 Å². The van der Waals surface area contributed by atoms with Crippen molar-refractivity contribution in [2.45, 2.75) is 49.8 Å². The van der Waals surface area contributed by atoms with Crippen LogP contribution in [-0.2, 0) is 4.79 Å². The minimum atomic E-state index is 0.259. The second-order valence-corrected chi connectivity index (χ2v) is 5.30. The molecule has 1 N–H and O–H groups in total. The Hall–Kier alpha value is -0.180. The average molecular weight is 199 g/mol. The van der Waals surface area contributed by atoms with Crippen molar-refractivity contribution in [1.82, 2.24) is 5.32 Å². The molecule has 0 spiro atoms. The van der Waals surface area contributed by atoms with Gasteiger partial charge >= 0.3 is 0 Å². The first-order valence-electron chi connectivity index (χ1n) is 5.28. The molecule has 1 saturated heterocycles. The van der Waals surface area contributed by atoms with Gasteiger partial charge in [-0.05, 0) is 37.9 Å². The van der Waals surface area contributed by atoms with E-state index in [1.165, 1.54) is 37.9 Å². The van der Waals surface area contributed by atoms with Crippen molar-refractivity contribution < 1.29 is 4.79 Å². The monoisotopic (exact) mass is 199 g/mol. The van der Waals surface area contributed by atoms with Crippen LogP contribution in [0.2, 0.25) is 0 Å². The van der Waals surface area contributed by atoms with Crippen LogP contribution in [0.15, 0.2) is 0 Å². The molecule has 1 atom stereocenters. The van der Waals surface area contributed by atoms with Gasteiger partial charge in [-0.3, -0.25) is 4.79 Å². The largest absolute Gasteiger partial charge is 0.352 e. The number of amides is 1. The van der Waals surface area contributed by atoms with E-state index in [-0.39, 0.29) is 5.25 Å². The Balaban J connectivity index is 1.74. The summed E-state index contributed by atoms with van der Waals surface area (Å²) >= 11 is 1.84. The standard InChI is InChI=1S/C10H17NOS/c12-10(11-8-4-3-5-8)9-6-1-2-7-13-9/h8-9H,1-7H2,(H,11,12). The predicted molar refractivity (Wildman–Crippen MR) is 55.9 cm³/mol. The van der Waals surface area contributed by atoms with Gasteiger partial charge in [0.05, 0.1) is 5.25 Å². The normalized spacial score (nSPS) is 29.4. The summed E-state index contributed by atoms with van der Waals surface area (Å²) in [6.07, 6.45) is 7.30. The molecular formula is C10H17NOS. The van der Waals surface area contributed by atoms with Crippen molar-refractivity contribution in [3.05, 3.63) is 0 Å². The second-order valence-electron chi connectivity index (χ2n) is 3.99. The number of rotatable bonds is 2. The van der Waals surface area contributed by atoms with Crippen molar-refractivity contribution in [3.63, 3.8) is 0 Å². The van der Waals surface area contributed by atoms with E-state index >= 15 is 0 Å². The van der Waals surface area contributed by atoms with Crippen molar-refractivity contribution in [1.29, 1.82) is 0 Å². The summed E-state index contributed by atoms with van der Waals surface area (Å²) in [5.41, 5.74) is 0. The third-order valence-electron chi connectivity index (χ3n) is 2.92. The van der Waals surface area contributed by atoms with Crippen LogP contribution in [0.5, 0.6) is 0 Å². The van der Waals surface area contributed by atoms with Gasteiger partial charge in [0.2, 0.25) is 5.91 Å². The van der Waals surface area contributed by atoms with E-state index in [4.69, 9.17) is 0 Å². The van der Waals surface area contributed by atoms with Crippen molar-refractivity contribution in [2.24, 2.45) is 0 Å². The van der Waals surface area contributed by atoms with E-state index in [0.717, 1.165) is 6.42 Å². The fourth-order valence-corrected chi connectivity index (χ4v) is 3.00. The van der Waals surface area contributed by atoms with E-state index in [2.05, 4.69) is 5.32 Å². The van der Waals surface area contributed by atoms with Gasteiger partial charge in [0.15, 0.2) is 0 Å². The number of thioether (sulfide) groups is 1. The number of carbonyl (C=O) groups excluding carboxylic acids is 1. The molecule has 0 radical (unpaired) electrons. The molecule has 2 nitrogen and oxygen atoms in total. The summed E-state index contributed by atoms with van der Waals surface area (Å²) in [6, 6.07) is 0.509. The minimum absolute atomic E-state index is 0.259. The molecule has 0 aromatic rings. The molecule has 1 unspecified atom stereocenters. The highest BCUT2D eigenvalue weighted by Crippen LogP contribution is 2.26. The Morgan fingerprint density at radius 1 is 1.15 bits per heavy atom. The Morgan fingerprint density at radius 3 is 2.54 bits per heavy atom. The molecule has 1 saturated carbocycles. The first-order chi connectivity index (χ1) is 6.36. The Labute approximate surface area is 83.8 Å². The zero-order valence-electron chi connectivity index (χ0n) is 7.92. The molecule has 1 aliphatic heterocycles. The van der Waals surface area contributed by atoms with Crippen LogP contribution < -0.4 is 5.32 Å². The van der Waals surface area contributed by atoms with Gasteiger partial charge < -0.3 is 5.32 Å². The van der Waals surface area contributed by atoms with E-state index in [0.29, 0.717) is 11.9 Å². The van der Waals surface area contributed by atoms with Gasteiger partial charge in [-0.2, -0.15) is 0 Å². The number of hydrogen-bond donors (Lipinski definition) is 1. The molecular weight excluding hydrogens is 182 g/mol. The summed E-state index contributed by atoms with van der Waals surface area (Å²) in [4.78, 5) is 11.7. The summed E-state index contributed by atoms with van der Waals surface area (Å²) in [5, 5.41) is 3.38. The zero-order chi connectivity index (χ0) is 9.10. The minimum Gasteiger partial charge on any atom is -0.352 e. The van der Waals surface area contributed by atoms with Crippen LogP contribution in [-0.4, -0.2) is 23.0 Å². The van der Waals surface area contributed by atoms with Crippen molar-refractivity contribution >= 4 is 17.7 Å². The van der Waals surface area contributed by atoms with Gasteiger partial charge in [0, 0.05) is 6.04 Å². The van der Waals surface area contributed by atoms with E-state index < -0.39 is 0 Å². The quantitative estimate of drug-likeness (QED) is 0.736. The predicted octanol–water partition coefficient (Wildman–Crippen LogP) is 1.94. The molecule has 3 heteroatoms. The Kier molecular flexibility index (Phi) is 3.14. The lowest BCUT2D eigenvalue weighted by molar-refractivity contribution is -0.121. The SMILES string of the molecule is O=C(NC1CCC1)C1CCCCS1. The second kappa shape index (κ2) is 4.36. The molecule has 1 amide bonds. The number of nitrogens with one attached hydrogen (secondary N) is 1. The Bertz CT molecular complexity index is 185. The van der Waals surface area contributed by atoms with Gasteiger partial charge in [0.1, 0.15) is 0 Å². The highest BCUT2D eigenvalue weighted by atomic mass is 32.2. The van der Waals surface area contributed by atoms with E-state index in [1.807, 2.05) is 11.8 Å². The van der Waals surface area contributed by atoms with E-state index in [9.17, 15) is 4.79 Å². The van der Waals surface area contributed by atoms with Gasteiger partial charge in [-0.15, -0.1) is 11.8 Å². The van der Waals surface area contributed by atoms with Crippen LogP contribution in [0.3, 0.4) is 0 Å². The molecule has 2 fully saturated rings. The fraction of sp³-hybridized carbons (Fsp3) is 0.900. The average Bonchev–Trinajstić information content (AvgIpc) is 2.12. The third-order valence-corrected chi connectivity index (χ3v) is 4.30. The third kappa shape index (κ3) is 2.39. The smallest absolute Gasteiger partial charge is 0.233 e. The van der Waals surface area contributed by atoms with Crippen LogP contribution in [0.1, 0.15) is 38.5 Å². The lowest BCUT2D eigenvalue weighted by Crippen LogP contribution is -2.44. The van der Waals surface area contributed by atoms with E-state index in [1.54, 1.807) is 0 Å². The summed E-state index contributed by atoms with van der Waals surface area (Å²) < 4.78 is 0. The molecule has 1 aliphatic carbocycles. The maximum atomic E-state index is 11.7. The van der Waals surface area contributed by atoms with Crippen LogP contribution >= 0.6 is 11.8 Å². The molecule has 1 heterocycles. The lowest BCUT2D eigenvalue weighted by Gasteiger charge is -2.29. The molecule has 74 valence electrons. The van der Waals surface area contributed by atoms with Crippen molar-refractivity contribution in [3.8, 4) is 0 Å². The van der Waals surface area contributed by atoms with Gasteiger partial charge in [-0.1, -0.05) is 6.42 Å². The topological polar surface area (TPSA) is 29.1 Å². The lowest BCUT2D eigenvalue weighted by atomic mass is 9.93. The zero-order valence-corrected chi connectivity index (χ0v) is 8.74.